The molecular weight excluding hydrogens is 425 g/mol. The minimum absolute atomic E-state index is 0.195. The summed E-state index contributed by atoms with van der Waals surface area (Å²) in [6.07, 6.45) is 0.968. The summed E-state index contributed by atoms with van der Waals surface area (Å²) in [7, 11) is -3.97. The van der Waals surface area contributed by atoms with Crippen LogP contribution >= 0.6 is 0 Å². The molecule has 1 fully saturated rings. The number of likely N-dealkylation sites (tertiary alicyclic amines) is 1. The van der Waals surface area contributed by atoms with Gasteiger partial charge in [-0.2, -0.15) is 13.2 Å². The molecule has 2 aliphatic rings. The molecule has 8 heteroatoms. The molecule has 2 unspecified atom stereocenters. The fourth-order valence-electron chi connectivity index (χ4n) is 4.94. The van der Waals surface area contributed by atoms with Crippen molar-refractivity contribution in [3.05, 3.63) is 59.2 Å². The number of benzene rings is 2. The van der Waals surface area contributed by atoms with E-state index in [2.05, 4.69) is 16.5 Å². The van der Waals surface area contributed by atoms with Crippen LogP contribution in [0.15, 0.2) is 47.4 Å². The van der Waals surface area contributed by atoms with E-state index in [9.17, 15) is 21.6 Å². The number of fused-ring (bicyclic) bond motifs is 2. The van der Waals surface area contributed by atoms with Crippen molar-refractivity contribution < 1.29 is 21.6 Å². The zero-order valence-electron chi connectivity index (χ0n) is 17.5. The average molecular weight is 453 g/mol. The number of alkyl halides is 3. The zero-order valence-corrected chi connectivity index (χ0v) is 18.3. The number of nitrogens with zero attached hydrogens (tertiary/aromatic N) is 1. The maximum atomic E-state index is 12.7. The van der Waals surface area contributed by atoms with Crippen molar-refractivity contribution in [3.63, 3.8) is 0 Å². The van der Waals surface area contributed by atoms with Crippen molar-refractivity contribution in [3.8, 4) is 0 Å². The van der Waals surface area contributed by atoms with E-state index in [1.807, 2.05) is 12.1 Å². The van der Waals surface area contributed by atoms with E-state index in [1.165, 1.54) is 18.4 Å². The fourth-order valence-corrected chi connectivity index (χ4v) is 5.98. The van der Waals surface area contributed by atoms with Crippen LogP contribution in [0.1, 0.15) is 42.9 Å². The van der Waals surface area contributed by atoms with Crippen molar-refractivity contribution in [2.24, 2.45) is 5.92 Å². The van der Waals surface area contributed by atoms with Gasteiger partial charge in [-0.15, -0.1) is 0 Å². The number of rotatable bonds is 5. The van der Waals surface area contributed by atoms with Gasteiger partial charge in [0.2, 0.25) is 0 Å². The molecular formula is C23H27F3N2O2S. The Bertz CT molecular complexity index is 1030. The lowest BCUT2D eigenvalue weighted by Crippen LogP contribution is -2.49. The maximum Gasteiger partial charge on any atom is 0.416 e. The van der Waals surface area contributed by atoms with Gasteiger partial charge >= 0.3 is 6.18 Å². The number of hydrogen-bond donors (Lipinski definition) is 1. The maximum absolute atomic E-state index is 12.7. The van der Waals surface area contributed by atoms with Gasteiger partial charge in [0.15, 0.2) is 0 Å². The summed E-state index contributed by atoms with van der Waals surface area (Å²) in [6.45, 7) is 4.38. The van der Waals surface area contributed by atoms with Crippen LogP contribution in [0.25, 0.3) is 0 Å². The number of hydrogen-bond acceptors (Lipinski definition) is 3. The minimum atomic E-state index is -4.50. The van der Waals surface area contributed by atoms with Crippen molar-refractivity contribution >= 4 is 15.7 Å². The summed E-state index contributed by atoms with van der Waals surface area (Å²) >= 11 is 0. The van der Waals surface area contributed by atoms with Gasteiger partial charge in [-0.25, -0.2) is 8.42 Å². The van der Waals surface area contributed by atoms with Gasteiger partial charge in [-0.05, 0) is 98.6 Å². The molecule has 0 saturated carbocycles. The molecule has 0 aromatic heterocycles. The fraction of sp³-hybridized carbons (Fsp3) is 0.478. The Morgan fingerprint density at radius 2 is 1.81 bits per heavy atom. The van der Waals surface area contributed by atoms with E-state index in [4.69, 9.17) is 0 Å². The number of anilines is 1. The van der Waals surface area contributed by atoms with Gasteiger partial charge in [0.05, 0.1) is 10.5 Å². The minimum Gasteiger partial charge on any atom is -0.300 e. The van der Waals surface area contributed by atoms with Crippen molar-refractivity contribution in [1.82, 2.24) is 4.90 Å². The summed E-state index contributed by atoms with van der Waals surface area (Å²) in [5.74, 6) is 0.641. The SMILES string of the molecule is CCCN1CCCC2Cc3ccc(NS(=O)(=O)c4ccc(C(F)(F)F)cc4)cc3CC21. The Morgan fingerprint density at radius 1 is 1.06 bits per heavy atom. The predicted octanol–water partition coefficient (Wildman–Crippen LogP) is 5.10. The van der Waals surface area contributed by atoms with E-state index >= 15 is 0 Å². The van der Waals surface area contributed by atoms with Gasteiger partial charge in [-0.1, -0.05) is 13.0 Å². The van der Waals surface area contributed by atoms with Crippen molar-refractivity contribution in [2.75, 3.05) is 17.8 Å². The Labute approximate surface area is 181 Å². The molecule has 1 saturated heterocycles. The molecule has 4 rings (SSSR count). The highest BCUT2D eigenvalue weighted by Crippen LogP contribution is 2.36. The highest BCUT2D eigenvalue weighted by molar-refractivity contribution is 7.92. The van der Waals surface area contributed by atoms with E-state index < -0.39 is 21.8 Å². The van der Waals surface area contributed by atoms with Crippen LogP contribution in [0.5, 0.6) is 0 Å². The molecule has 0 amide bonds. The third-order valence-electron chi connectivity index (χ3n) is 6.41. The smallest absolute Gasteiger partial charge is 0.300 e. The molecule has 2 aromatic carbocycles. The molecule has 0 spiro atoms. The van der Waals surface area contributed by atoms with Crippen molar-refractivity contribution in [2.45, 2.75) is 56.1 Å². The normalized spacial score (nSPS) is 21.9. The molecule has 168 valence electrons. The quantitative estimate of drug-likeness (QED) is 0.687. The molecule has 0 radical (unpaired) electrons. The second-order valence-electron chi connectivity index (χ2n) is 8.52. The molecule has 2 aromatic rings. The molecule has 2 atom stereocenters. The molecule has 31 heavy (non-hydrogen) atoms. The van der Waals surface area contributed by atoms with Crippen LogP contribution < -0.4 is 4.72 Å². The van der Waals surface area contributed by atoms with E-state index in [1.54, 1.807) is 6.07 Å². The third kappa shape index (κ3) is 4.75. The van der Waals surface area contributed by atoms with Gasteiger partial charge in [0, 0.05) is 11.7 Å². The van der Waals surface area contributed by atoms with Gasteiger partial charge < -0.3 is 0 Å². The molecule has 0 bridgehead atoms. The van der Waals surface area contributed by atoms with Gasteiger partial charge in [0.25, 0.3) is 10.0 Å². The number of piperidine rings is 1. The van der Waals surface area contributed by atoms with E-state index in [0.29, 0.717) is 17.6 Å². The third-order valence-corrected chi connectivity index (χ3v) is 7.80. The molecule has 1 aliphatic heterocycles. The number of nitrogens with one attached hydrogen (secondary N) is 1. The Kier molecular flexibility index (Phi) is 6.05. The first-order valence-electron chi connectivity index (χ1n) is 10.7. The summed E-state index contributed by atoms with van der Waals surface area (Å²) in [6, 6.07) is 9.63. The lowest BCUT2D eigenvalue weighted by Gasteiger charge is -2.44. The topological polar surface area (TPSA) is 49.4 Å². The summed E-state index contributed by atoms with van der Waals surface area (Å²) in [5.41, 5.74) is 1.97. The van der Waals surface area contributed by atoms with Gasteiger partial charge in [0.1, 0.15) is 0 Å². The molecule has 1 N–H and O–H groups in total. The average Bonchev–Trinajstić information content (AvgIpc) is 2.72. The zero-order chi connectivity index (χ0) is 22.2. The first kappa shape index (κ1) is 22.1. The number of halogens is 3. The lowest BCUT2D eigenvalue weighted by molar-refractivity contribution is -0.137. The highest BCUT2D eigenvalue weighted by Gasteiger charge is 2.35. The molecule has 1 heterocycles. The van der Waals surface area contributed by atoms with Crippen LogP contribution in [0.2, 0.25) is 0 Å². The lowest BCUT2D eigenvalue weighted by atomic mass is 9.75. The van der Waals surface area contributed by atoms with E-state index in [-0.39, 0.29) is 4.90 Å². The summed E-state index contributed by atoms with van der Waals surface area (Å²) in [5, 5.41) is 0. The summed E-state index contributed by atoms with van der Waals surface area (Å²) in [4.78, 5) is 2.37. The largest absolute Gasteiger partial charge is 0.416 e. The second-order valence-corrected chi connectivity index (χ2v) is 10.2. The second kappa shape index (κ2) is 8.47. The Balaban J connectivity index is 1.53. The highest BCUT2D eigenvalue weighted by atomic mass is 32.2. The van der Waals surface area contributed by atoms with Gasteiger partial charge in [-0.3, -0.25) is 9.62 Å². The standard InChI is InChI=1S/C23H27F3N2O2S/c1-2-11-28-12-3-4-17-13-16-5-8-20(14-18(16)15-22(17)28)27-31(29,30)21-9-6-19(7-10-21)23(24,25)26/h5-10,14,17,22,27H,2-4,11-13,15H2,1H3. The van der Waals surface area contributed by atoms with Crippen LogP contribution in [-0.2, 0) is 29.0 Å². The van der Waals surface area contributed by atoms with Crippen LogP contribution in [0.3, 0.4) is 0 Å². The Hall–Kier alpha value is -2.06. The predicted molar refractivity (Wildman–Crippen MR) is 114 cm³/mol. The molecule has 4 nitrogen and oxygen atoms in total. The monoisotopic (exact) mass is 452 g/mol. The first-order chi connectivity index (χ1) is 14.7. The van der Waals surface area contributed by atoms with Crippen LogP contribution in [-0.4, -0.2) is 32.4 Å². The van der Waals surface area contributed by atoms with Crippen LogP contribution in [0.4, 0.5) is 18.9 Å². The molecule has 1 aliphatic carbocycles. The Morgan fingerprint density at radius 3 is 2.48 bits per heavy atom. The first-order valence-corrected chi connectivity index (χ1v) is 12.2. The van der Waals surface area contributed by atoms with Crippen LogP contribution in [0, 0.1) is 5.92 Å². The summed E-state index contributed by atoms with van der Waals surface area (Å²) < 4.78 is 66.2. The number of sulfonamides is 1. The van der Waals surface area contributed by atoms with Crippen molar-refractivity contribution in [1.29, 1.82) is 0 Å². The van der Waals surface area contributed by atoms with E-state index in [0.717, 1.165) is 62.2 Å².